The number of nitrogens with zero attached hydrogens (tertiary/aromatic N) is 2. The Hall–Kier alpha value is -1.76. The van der Waals surface area contributed by atoms with E-state index >= 15 is 0 Å². The normalized spacial score (nSPS) is 25.4. The third-order valence-electron chi connectivity index (χ3n) is 3.68. The molecular weight excluding hydrogens is 278 g/mol. The molecule has 1 amide bonds. The van der Waals surface area contributed by atoms with Crippen LogP contribution < -0.4 is 5.32 Å². The molecule has 1 aromatic rings. The van der Waals surface area contributed by atoms with Crippen LogP contribution in [0, 0.1) is 11.8 Å². The molecule has 0 saturated heterocycles. The molecule has 1 heterocycles. The summed E-state index contributed by atoms with van der Waals surface area (Å²) in [6.45, 7) is 0. The number of aliphatic carboxylic acids is 1. The van der Waals surface area contributed by atoms with Gasteiger partial charge in [0.15, 0.2) is 0 Å². The van der Waals surface area contributed by atoms with E-state index in [2.05, 4.69) is 15.5 Å². The van der Waals surface area contributed by atoms with Crippen molar-refractivity contribution in [1.82, 2.24) is 10.2 Å². The van der Waals surface area contributed by atoms with Gasteiger partial charge in [-0.05, 0) is 25.7 Å². The second kappa shape index (κ2) is 5.32. The third kappa shape index (κ3) is 2.72. The molecule has 106 valence electrons. The van der Waals surface area contributed by atoms with Gasteiger partial charge in [0.25, 0.3) is 0 Å². The molecule has 0 radical (unpaired) electrons. The number of carboxylic acid groups (broad SMARTS) is 1. The number of hydrogen-bond acceptors (Lipinski definition) is 5. The van der Waals surface area contributed by atoms with Crippen molar-refractivity contribution in [2.75, 3.05) is 5.32 Å². The van der Waals surface area contributed by atoms with Crippen LogP contribution in [0.2, 0.25) is 0 Å². The molecule has 0 bridgehead atoms. The second-order valence-corrected chi connectivity index (χ2v) is 6.21. The van der Waals surface area contributed by atoms with Crippen molar-refractivity contribution in [3.05, 3.63) is 17.2 Å². The zero-order valence-corrected chi connectivity index (χ0v) is 11.6. The molecule has 7 heteroatoms. The van der Waals surface area contributed by atoms with Gasteiger partial charge in [-0.3, -0.25) is 9.59 Å². The molecule has 20 heavy (non-hydrogen) atoms. The monoisotopic (exact) mass is 293 g/mol. The number of nitrogens with one attached hydrogen (secondary N) is 1. The van der Waals surface area contributed by atoms with Gasteiger partial charge in [0, 0.05) is 5.92 Å². The summed E-state index contributed by atoms with van der Waals surface area (Å²) in [6, 6.07) is 0. The topological polar surface area (TPSA) is 92.2 Å². The molecule has 2 aliphatic carbocycles. The number of amides is 1. The lowest BCUT2D eigenvalue weighted by Crippen LogP contribution is -2.34. The summed E-state index contributed by atoms with van der Waals surface area (Å²) < 4.78 is 0. The minimum absolute atomic E-state index is 0.278. The zero-order valence-electron chi connectivity index (χ0n) is 10.8. The highest BCUT2D eigenvalue weighted by molar-refractivity contribution is 7.15. The van der Waals surface area contributed by atoms with Crippen LogP contribution in [0.25, 0.3) is 0 Å². The number of aromatic nitrogens is 2. The zero-order chi connectivity index (χ0) is 14.1. The summed E-state index contributed by atoms with van der Waals surface area (Å²) in [4.78, 5) is 23.4. The second-order valence-electron chi connectivity index (χ2n) is 5.20. The largest absolute Gasteiger partial charge is 0.481 e. The molecule has 1 saturated carbocycles. The lowest BCUT2D eigenvalue weighted by Gasteiger charge is -2.23. The lowest BCUT2D eigenvalue weighted by molar-refractivity contribution is -0.146. The van der Waals surface area contributed by atoms with Gasteiger partial charge in [-0.2, -0.15) is 0 Å². The van der Waals surface area contributed by atoms with E-state index in [4.69, 9.17) is 5.11 Å². The van der Waals surface area contributed by atoms with Crippen LogP contribution in [0.3, 0.4) is 0 Å². The van der Waals surface area contributed by atoms with E-state index in [0.29, 0.717) is 23.9 Å². The van der Waals surface area contributed by atoms with Gasteiger partial charge in [-0.25, -0.2) is 0 Å². The van der Waals surface area contributed by atoms with E-state index in [1.54, 1.807) is 0 Å². The standard InChI is InChI=1S/C13H15N3O3S/c17-10(8-3-1-2-4-9(8)12(18)19)14-13-16-15-11(20-13)7-5-6-7/h1-2,7-9H,3-6H2,(H,18,19)(H,14,16,17)/t8-,9-/m0/s1. The van der Waals surface area contributed by atoms with Crippen molar-refractivity contribution in [2.24, 2.45) is 11.8 Å². The predicted molar refractivity (Wildman–Crippen MR) is 73.5 cm³/mol. The molecular formula is C13H15N3O3S. The van der Waals surface area contributed by atoms with Gasteiger partial charge in [-0.1, -0.05) is 23.5 Å². The highest BCUT2D eigenvalue weighted by Crippen LogP contribution is 2.42. The van der Waals surface area contributed by atoms with Crippen molar-refractivity contribution in [3.63, 3.8) is 0 Å². The van der Waals surface area contributed by atoms with E-state index in [9.17, 15) is 9.59 Å². The van der Waals surface area contributed by atoms with Crippen LogP contribution in [0.15, 0.2) is 12.2 Å². The maximum absolute atomic E-state index is 12.2. The van der Waals surface area contributed by atoms with Gasteiger partial charge in [0.1, 0.15) is 5.01 Å². The minimum Gasteiger partial charge on any atom is -0.481 e. The SMILES string of the molecule is O=C(O)[C@H]1CC=CC[C@@H]1C(=O)Nc1nnc(C2CC2)s1. The van der Waals surface area contributed by atoms with E-state index in [1.165, 1.54) is 11.3 Å². The summed E-state index contributed by atoms with van der Waals surface area (Å²) in [5, 5.41) is 21.3. The Labute approximate surface area is 119 Å². The smallest absolute Gasteiger partial charge is 0.307 e. The first-order valence-electron chi connectivity index (χ1n) is 6.67. The Kier molecular flexibility index (Phi) is 3.52. The average molecular weight is 293 g/mol. The first-order valence-corrected chi connectivity index (χ1v) is 7.49. The highest BCUT2D eigenvalue weighted by atomic mass is 32.1. The molecule has 0 unspecified atom stereocenters. The Balaban J connectivity index is 1.67. The molecule has 0 aromatic carbocycles. The summed E-state index contributed by atoms with van der Waals surface area (Å²) in [5.74, 6) is -1.89. The van der Waals surface area contributed by atoms with Crippen molar-refractivity contribution < 1.29 is 14.7 Å². The molecule has 3 rings (SSSR count). The number of carboxylic acids is 1. The molecule has 0 aliphatic heterocycles. The molecule has 2 aliphatic rings. The molecule has 2 N–H and O–H groups in total. The Morgan fingerprint density at radius 1 is 1.20 bits per heavy atom. The Morgan fingerprint density at radius 3 is 2.55 bits per heavy atom. The van der Waals surface area contributed by atoms with Crippen LogP contribution in [-0.4, -0.2) is 27.2 Å². The fourth-order valence-corrected chi connectivity index (χ4v) is 3.27. The maximum atomic E-state index is 12.2. The van der Waals surface area contributed by atoms with Crippen molar-refractivity contribution in [1.29, 1.82) is 0 Å². The number of rotatable bonds is 4. The summed E-state index contributed by atoms with van der Waals surface area (Å²) in [6.07, 6.45) is 6.81. The van der Waals surface area contributed by atoms with Gasteiger partial charge in [-0.15, -0.1) is 10.2 Å². The van der Waals surface area contributed by atoms with Crippen LogP contribution >= 0.6 is 11.3 Å². The first-order chi connectivity index (χ1) is 9.65. The number of carbonyl (C=O) groups excluding carboxylic acids is 1. The first kappa shape index (κ1) is 13.2. The lowest BCUT2D eigenvalue weighted by atomic mass is 9.82. The molecule has 2 atom stereocenters. The Bertz CT molecular complexity index is 565. The molecule has 6 nitrogen and oxygen atoms in total. The summed E-state index contributed by atoms with van der Waals surface area (Å²) in [7, 11) is 0. The highest BCUT2D eigenvalue weighted by Gasteiger charge is 2.34. The fraction of sp³-hybridized carbons (Fsp3) is 0.538. The summed E-state index contributed by atoms with van der Waals surface area (Å²) in [5.41, 5.74) is 0. The summed E-state index contributed by atoms with van der Waals surface area (Å²) >= 11 is 1.39. The van der Waals surface area contributed by atoms with Crippen molar-refractivity contribution >= 4 is 28.3 Å². The van der Waals surface area contributed by atoms with E-state index in [1.807, 2.05) is 12.2 Å². The van der Waals surface area contributed by atoms with Crippen LogP contribution in [0.4, 0.5) is 5.13 Å². The molecule has 1 aromatic heterocycles. The van der Waals surface area contributed by atoms with Crippen LogP contribution in [0.1, 0.15) is 36.6 Å². The van der Waals surface area contributed by atoms with Gasteiger partial charge in [0.2, 0.25) is 11.0 Å². The number of hydrogen-bond donors (Lipinski definition) is 2. The predicted octanol–water partition coefficient (Wildman–Crippen LogP) is 2.02. The van der Waals surface area contributed by atoms with Crippen LogP contribution in [-0.2, 0) is 9.59 Å². The quantitative estimate of drug-likeness (QED) is 0.829. The van der Waals surface area contributed by atoms with E-state index in [-0.39, 0.29) is 5.91 Å². The fourth-order valence-electron chi connectivity index (χ4n) is 2.36. The van der Waals surface area contributed by atoms with Gasteiger partial charge < -0.3 is 10.4 Å². The molecule has 0 spiro atoms. The van der Waals surface area contributed by atoms with Gasteiger partial charge >= 0.3 is 5.97 Å². The van der Waals surface area contributed by atoms with Crippen molar-refractivity contribution in [3.8, 4) is 0 Å². The van der Waals surface area contributed by atoms with Crippen LogP contribution in [0.5, 0.6) is 0 Å². The third-order valence-corrected chi connectivity index (χ3v) is 4.68. The number of allylic oxidation sites excluding steroid dienone is 2. The van der Waals surface area contributed by atoms with E-state index < -0.39 is 17.8 Å². The Morgan fingerprint density at radius 2 is 1.90 bits per heavy atom. The number of carbonyl (C=O) groups is 2. The van der Waals surface area contributed by atoms with E-state index in [0.717, 1.165) is 17.8 Å². The molecule has 1 fully saturated rings. The van der Waals surface area contributed by atoms with Crippen molar-refractivity contribution in [2.45, 2.75) is 31.6 Å². The number of anilines is 1. The maximum Gasteiger partial charge on any atom is 0.307 e. The minimum atomic E-state index is -0.926. The average Bonchev–Trinajstić information content (AvgIpc) is 3.19. The van der Waals surface area contributed by atoms with Gasteiger partial charge in [0.05, 0.1) is 11.8 Å².